The average molecular weight is 333 g/mol. The largest absolute Gasteiger partial charge is 0.493 e. The van der Waals surface area contributed by atoms with Crippen molar-refractivity contribution in [2.24, 2.45) is 0 Å². The van der Waals surface area contributed by atoms with E-state index in [4.69, 9.17) is 9.47 Å². The number of methoxy groups -OCH3 is 2. The maximum Gasteiger partial charge on any atom is 0.279 e. The van der Waals surface area contributed by atoms with E-state index in [9.17, 15) is 9.18 Å². The average Bonchev–Trinajstić information content (AvgIpc) is 2.56. The van der Waals surface area contributed by atoms with Crippen molar-refractivity contribution in [2.45, 2.75) is 6.54 Å². The number of rotatable bonds is 7. The molecule has 2 N–H and O–H groups in total. The van der Waals surface area contributed by atoms with E-state index in [2.05, 4.69) is 5.32 Å². The molecule has 0 aliphatic rings. The van der Waals surface area contributed by atoms with Crippen LogP contribution < -0.4 is 19.7 Å². The van der Waals surface area contributed by atoms with E-state index in [1.54, 1.807) is 14.2 Å². The number of carbonyl (C=O) groups is 1. The molecule has 2 aromatic rings. The van der Waals surface area contributed by atoms with Gasteiger partial charge in [-0.15, -0.1) is 0 Å². The van der Waals surface area contributed by atoms with Crippen molar-refractivity contribution in [1.82, 2.24) is 0 Å². The van der Waals surface area contributed by atoms with E-state index in [0.29, 0.717) is 30.3 Å². The predicted octanol–water partition coefficient (Wildman–Crippen LogP) is 1.50. The third-order valence-corrected chi connectivity index (χ3v) is 3.54. The van der Waals surface area contributed by atoms with Crippen LogP contribution in [0.1, 0.15) is 5.56 Å². The number of benzene rings is 2. The highest BCUT2D eigenvalue weighted by atomic mass is 19.1. The fraction of sp³-hybridized carbons (Fsp3) is 0.278. The van der Waals surface area contributed by atoms with Crippen molar-refractivity contribution in [1.29, 1.82) is 0 Å². The monoisotopic (exact) mass is 333 g/mol. The standard InChI is InChI=1S/C18H21FN2O3/c1-21(11-13-4-9-16(23-2)17(10-13)24-3)12-18(22)20-15-7-5-14(19)6-8-15/h4-10H,11-12H2,1-3H3,(H,20,22)/p+1. The van der Waals surface area contributed by atoms with E-state index in [1.807, 2.05) is 25.2 Å². The fourth-order valence-electron chi connectivity index (χ4n) is 2.41. The number of quaternary nitrogens is 1. The van der Waals surface area contributed by atoms with Crippen LogP contribution in [0.25, 0.3) is 0 Å². The van der Waals surface area contributed by atoms with E-state index in [1.165, 1.54) is 24.3 Å². The number of hydrogen-bond donors (Lipinski definition) is 2. The highest BCUT2D eigenvalue weighted by Gasteiger charge is 2.13. The lowest BCUT2D eigenvalue weighted by molar-refractivity contribution is -0.885. The summed E-state index contributed by atoms with van der Waals surface area (Å²) in [7, 11) is 5.12. The molecule has 1 atom stereocenters. The van der Waals surface area contributed by atoms with Crippen LogP contribution in [0.3, 0.4) is 0 Å². The summed E-state index contributed by atoms with van der Waals surface area (Å²) < 4.78 is 23.4. The number of likely N-dealkylation sites (N-methyl/N-ethyl adjacent to an activating group) is 1. The van der Waals surface area contributed by atoms with Gasteiger partial charge in [-0.2, -0.15) is 0 Å². The quantitative estimate of drug-likeness (QED) is 0.807. The van der Waals surface area contributed by atoms with Gasteiger partial charge in [0.2, 0.25) is 0 Å². The van der Waals surface area contributed by atoms with Gasteiger partial charge in [0.25, 0.3) is 5.91 Å². The van der Waals surface area contributed by atoms with Gasteiger partial charge in [0.05, 0.1) is 21.3 Å². The lowest BCUT2D eigenvalue weighted by Crippen LogP contribution is -3.08. The second-order valence-electron chi connectivity index (χ2n) is 5.56. The third kappa shape index (κ3) is 4.96. The lowest BCUT2D eigenvalue weighted by Gasteiger charge is -2.15. The minimum absolute atomic E-state index is 0.125. The topological polar surface area (TPSA) is 52.0 Å². The first-order valence-electron chi connectivity index (χ1n) is 7.59. The molecule has 0 aromatic heterocycles. The summed E-state index contributed by atoms with van der Waals surface area (Å²) >= 11 is 0. The van der Waals surface area contributed by atoms with Crippen LogP contribution in [0.2, 0.25) is 0 Å². The van der Waals surface area contributed by atoms with Gasteiger partial charge < -0.3 is 19.7 Å². The summed E-state index contributed by atoms with van der Waals surface area (Å²) in [5, 5.41) is 2.76. The molecule has 128 valence electrons. The van der Waals surface area contributed by atoms with E-state index in [-0.39, 0.29) is 11.7 Å². The van der Waals surface area contributed by atoms with Gasteiger partial charge in [0.15, 0.2) is 18.0 Å². The van der Waals surface area contributed by atoms with Gasteiger partial charge >= 0.3 is 0 Å². The zero-order valence-corrected chi connectivity index (χ0v) is 14.1. The molecular weight excluding hydrogens is 311 g/mol. The van der Waals surface area contributed by atoms with Crippen LogP contribution in [0.5, 0.6) is 11.5 Å². The van der Waals surface area contributed by atoms with Crippen molar-refractivity contribution in [2.75, 3.05) is 33.1 Å². The van der Waals surface area contributed by atoms with Crippen molar-refractivity contribution in [3.63, 3.8) is 0 Å². The molecule has 0 saturated carbocycles. The van der Waals surface area contributed by atoms with Crippen molar-refractivity contribution < 1.29 is 23.6 Å². The minimum atomic E-state index is -0.329. The van der Waals surface area contributed by atoms with Crippen LogP contribution in [0.4, 0.5) is 10.1 Å². The third-order valence-electron chi connectivity index (χ3n) is 3.54. The van der Waals surface area contributed by atoms with Gasteiger partial charge in [-0.1, -0.05) is 0 Å². The Morgan fingerprint density at radius 3 is 2.38 bits per heavy atom. The van der Waals surface area contributed by atoms with Crippen LogP contribution in [0, 0.1) is 5.82 Å². The SMILES string of the molecule is COc1ccc(C[NH+](C)CC(=O)Nc2ccc(F)cc2)cc1OC. The van der Waals surface area contributed by atoms with Gasteiger partial charge in [-0.25, -0.2) is 4.39 Å². The molecule has 0 aliphatic heterocycles. The number of halogens is 1. The summed E-state index contributed by atoms with van der Waals surface area (Å²) in [6, 6.07) is 11.4. The van der Waals surface area contributed by atoms with Crippen LogP contribution in [-0.2, 0) is 11.3 Å². The van der Waals surface area contributed by atoms with E-state index in [0.717, 1.165) is 10.5 Å². The first kappa shape index (κ1) is 17.7. The summed E-state index contributed by atoms with van der Waals surface area (Å²) in [5.41, 5.74) is 1.63. The highest BCUT2D eigenvalue weighted by molar-refractivity contribution is 5.91. The number of hydrogen-bond acceptors (Lipinski definition) is 3. The molecule has 1 amide bonds. The summed E-state index contributed by atoms with van der Waals surface area (Å²) in [6.07, 6.45) is 0. The van der Waals surface area contributed by atoms with Gasteiger partial charge in [-0.3, -0.25) is 4.79 Å². The molecule has 1 unspecified atom stereocenters. The van der Waals surface area contributed by atoms with E-state index < -0.39 is 0 Å². The number of amides is 1. The maximum atomic E-state index is 12.9. The Bertz CT molecular complexity index is 689. The molecule has 0 aliphatic carbocycles. The molecule has 5 nitrogen and oxygen atoms in total. The predicted molar refractivity (Wildman–Crippen MR) is 90.0 cm³/mol. The molecule has 0 bridgehead atoms. The summed E-state index contributed by atoms with van der Waals surface area (Å²) in [4.78, 5) is 13.1. The molecule has 0 heterocycles. The Kier molecular flexibility index (Phi) is 6.14. The summed E-state index contributed by atoms with van der Waals surface area (Å²) in [6.45, 7) is 0.961. The number of ether oxygens (including phenoxy) is 2. The molecule has 2 aromatic carbocycles. The Morgan fingerprint density at radius 1 is 1.08 bits per heavy atom. The second-order valence-corrected chi connectivity index (χ2v) is 5.56. The van der Waals surface area contributed by atoms with Crippen molar-refractivity contribution in [3.05, 3.63) is 53.8 Å². The van der Waals surface area contributed by atoms with Crippen molar-refractivity contribution >= 4 is 11.6 Å². The summed E-state index contributed by atoms with van der Waals surface area (Å²) in [5.74, 6) is 0.885. The van der Waals surface area contributed by atoms with Gasteiger partial charge in [-0.05, 0) is 42.5 Å². The Labute approximate surface area is 141 Å². The molecular formula is C18H22FN2O3+. The number of anilines is 1. The maximum absolute atomic E-state index is 12.9. The molecule has 0 radical (unpaired) electrons. The lowest BCUT2D eigenvalue weighted by atomic mass is 10.2. The van der Waals surface area contributed by atoms with Crippen LogP contribution in [-0.4, -0.2) is 33.7 Å². The molecule has 0 spiro atoms. The first-order chi connectivity index (χ1) is 11.5. The van der Waals surface area contributed by atoms with E-state index >= 15 is 0 Å². The Morgan fingerprint density at radius 2 is 1.75 bits per heavy atom. The fourth-order valence-corrected chi connectivity index (χ4v) is 2.41. The number of carbonyl (C=O) groups excluding carboxylic acids is 1. The number of nitrogens with one attached hydrogen (secondary N) is 2. The Hall–Kier alpha value is -2.60. The van der Waals surface area contributed by atoms with Crippen LogP contribution in [0.15, 0.2) is 42.5 Å². The van der Waals surface area contributed by atoms with Gasteiger partial charge in [0.1, 0.15) is 12.4 Å². The normalized spacial score (nSPS) is 11.7. The van der Waals surface area contributed by atoms with Gasteiger partial charge in [0, 0.05) is 11.3 Å². The molecule has 2 rings (SSSR count). The molecule has 0 fully saturated rings. The zero-order chi connectivity index (χ0) is 17.5. The Balaban J connectivity index is 1.91. The smallest absolute Gasteiger partial charge is 0.279 e. The highest BCUT2D eigenvalue weighted by Crippen LogP contribution is 2.27. The second kappa shape index (κ2) is 8.31. The molecule has 24 heavy (non-hydrogen) atoms. The molecule has 0 saturated heterocycles. The molecule has 6 heteroatoms. The van der Waals surface area contributed by atoms with Crippen LogP contribution >= 0.6 is 0 Å². The first-order valence-corrected chi connectivity index (χ1v) is 7.59. The minimum Gasteiger partial charge on any atom is -0.493 e. The van der Waals surface area contributed by atoms with Crippen molar-refractivity contribution in [3.8, 4) is 11.5 Å². The zero-order valence-electron chi connectivity index (χ0n) is 14.1.